The Morgan fingerprint density at radius 1 is 0.745 bits per heavy atom. The van der Waals surface area contributed by atoms with Gasteiger partial charge in [0.1, 0.15) is 57.6 Å². The zero-order valence-electron chi connectivity index (χ0n) is 57.9. The van der Waals surface area contributed by atoms with E-state index in [1.807, 2.05) is 24.3 Å². The number of β-amino-alcohol motifs (C(OH)–C–C–N with tert-alkyl or cyclic N) is 1. The minimum Gasteiger partial charge on any atom is -0.691 e. The number of carbonyl (C=O) groups is 8. The number of phenols is 1. The number of methoxy groups -OCH3 is 1. The second kappa shape index (κ2) is 41.0. The van der Waals surface area contributed by atoms with Gasteiger partial charge in [0.15, 0.2) is 11.5 Å². The van der Waals surface area contributed by atoms with Crippen LogP contribution in [0, 0.1) is 5.92 Å². The number of aromatic hydroxyl groups is 1. The van der Waals surface area contributed by atoms with Gasteiger partial charge in [-0.3, -0.25) is 38.6 Å². The van der Waals surface area contributed by atoms with Crippen molar-refractivity contribution in [2.24, 2.45) is 5.92 Å². The Bertz CT molecular complexity index is 3400. The van der Waals surface area contributed by atoms with Gasteiger partial charge in [-0.15, -0.1) is 14.5 Å². The molecule has 3 aliphatic rings. The van der Waals surface area contributed by atoms with E-state index in [0.29, 0.717) is 34.4 Å². The minimum absolute atomic E-state index is 0. The second-order valence-electron chi connectivity index (χ2n) is 26.0. The number of ether oxygens (including phenoxy) is 3. The summed E-state index contributed by atoms with van der Waals surface area (Å²) in [5, 5.41) is 122. The van der Waals surface area contributed by atoms with E-state index in [0.717, 1.165) is 73.1 Å². The molecule has 14 N–H and O–H groups in total. The zero-order chi connectivity index (χ0) is 73.5. The van der Waals surface area contributed by atoms with E-state index in [1.165, 1.54) is 36.5 Å². The number of benzene rings is 3. The molecule has 0 bridgehead atoms. The first-order valence-electron chi connectivity index (χ1n) is 33.3. The molecule has 0 aliphatic carbocycles. The average Bonchev–Trinajstić information content (AvgIpc) is 1.61. The number of amides is 8. The monoisotopic (exact) mass is 1480 g/mol. The van der Waals surface area contributed by atoms with Crippen molar-refractivity contribution in [3.05, 3.63) is 77.9 Å². The number of phenolic OH excluding ortho intramolecular Hbond substituents is 1. The van der Waals surface area contributed by atoms with E-state index in [4.69, 9.17) is 18.4 Å². The Kier molecular flexibility index (Phi) is 33.7. The van der Waals surface area contributed by atoms with Gasteiger partial charge in [0.05, 0.1) is 43.2 Å². The van der Waals surface area contributed by atoms with Crippen LogP contribution in [-0.2, 0) is 54.0 Å². The third-order valence-electron chi connectivity index (χ3n) is 16.9. The fourth-order valence-electron chi connectivity index (χ4n) is 11.6. The fraction of sp³-hybridized carbons (Fsp3) is 0.576. The summed E-state index contributed by atoms with van der Waals surface area (Å²) in [6, 6.07) is 5.72. The van der Waals surface area contributed by atoms with Gasteiger partial charge in [-0.2, -0.15) is 0 Å². The molecular weight excluding hydrogens is 1390 g/mol. The summed E-state index contributed by atoms with van der Waals surface area (Å²) in [5.41, 5.74) is 0.741. The Hall–Kier alpha value is -6.91. The Labute approximate surface area is 620 Å². The van der Waals surface area contributed by atoms with E-state index in [2.05, 4.69) is 56.8 Å². The molecule has 13 atom stereocenters. The number of aliphatic hydroxyl groups excluding tert-OH is 6. The molecular formula is C66H92N11NaO22S2. The first kappa shape index (κ1) is 84.0. The molecule has 3 aromatic carbocycles. The van der Waals surface area contributed by atoms with Crippen LogP contribution < -0.4 is 81.0 Å². The van der Waals surface area contributed by atoms with Crippen LogP contribution in [-0.4, -0.2) is 241 Å². The number of fused-ring (bicyclic) bond motifs is 2. The van der Waals surface area contributed by atoms with Crippen molar-refractivity contribution in [1.29, 1.82) is 0 Å². The molecule has 102 heavy (non-hydrogen) atoms. The summed E-state index contributed by atoms with van der Waals surface area (Å²) < 4.78 is 25.6. The van der Waals surface area contributed by atoms with Crippen LogP contribution in [0.25, 0.3) is 21.1 Å². The van der Waals surface area contributed by atoms with Gasteiger partial charge in [-0.05, 0) is 121 Å². The van der Waals surface area contributed by atoms with E-state index < -0.39 is 170 Å². The molecule has 3 saturated heterocycles. The quantitative estimate of drug-likeness (QED) is 0.00827. The molecule has 3 aliphatic heterocycles. The largest absolute Gasteiger partial charge is 1.00 e. The topological polar surface area (TPSA) is 473 Å². The number of hydrogen-bond donors (Lipinski definition) is 14. The molecule has 0 radical (unpaired) electrons. The predicted octanol–water partition coefficient (Wildman–Crippen LogP) is -3.43. The number of aliphatic hydroxyl groups is 6. The second-order valence-corrected chi connectivity index (χ2v) is 27.4. The first-order chi connectivity index (χ1) is 48.2. The van der Waals surface area contributed by atoms with Crippen molar-refractivity contribution in [2.45, 2.75) is 177 Å². The normalized spacial score (nSPS) is 23.4. The number of alkyl carbamates (subject to hydrolysis) is 1. The Morgan fingerprint density at radius 3 is 2.04 bits per heavy atom. The number of rotatable bonds is 29. The van der Waals surface area contributed by atoms with Gasteiger partial charge >= 0.3 is 35.7 Å². The van der Waals surface area contributed by atoms with Crippen molar-refractivity contribution in [3.8, 4) is 38.4 Å². The number of carbonyl (C=O) groups excluding carboxylic acids is 8. The summed E-state index contributed by atoms with van der Waals surface area (Å²) in [7, 11) is 1.69. The maximum Gasteiger partial charge on any atom is 1.00 e. The van der Waals surface area contributed by atoms with Gasteiger partial charge in [-0.25, -0.2) is 4.79 Å². The molecule has 0 unspecified atom stereocenters. The van der Waals surface area contributed by atoms with Crippen molar-refractivity contribution in [1.82, 2.24) is 57.2 Å². The third kappa shape index (κ3) is 24.9. The van der Waals surface area contributed by atoms with Crippen LogP contribution in [0.4, 0.5) is 4.79 Å². The molecule has 33 nitrogen and oxygen atoms in total. The maximum atomic E-state index is 15.1. The van der Waals surface area contributed by atoms with Crippen molar-refractivity contribution < 1.29 is 137 Å². The fourth-order valence-corrected chi connectivity index (χ4v) is 12.7. The summed E-state index contributed by atoms with van der Waals surface area (Å²) in [4.78, 5) is 117. The van der Waals surface area contributed by atoms with Crippen LogP contribution in [0.2, 0.25) is 0 Å². The van der Waals surface area contributed by atoms with Crippen molar-refractivity contribution in [2.75, 3.05) is 59.6 Å². The summed E-state index contributed by atoms with van der Waals surface area (Å²) in [5.74, 6) is -8.85. The molecule has 1 aromatic heterocycles. The van der Waals surface area contributed by atoms with E-state index in [1.54, 1.807) is 40.0 Å². The molecule has 3 fully saturated rings. The predicted molar refractivity (Wildman–Crippen MR) is 361 cm³/mol. The average molecular weight is 1480 g/mol. The maximum absolute atomic E-state index is 15.1. The number of nitrogens with one attached hydrogen (secondary N) is 7. The van der Waals surface area contributed by atoms with Crippen LogP contribution >= 0.6 is 23.7 Å². The van der Waals surface area contributed by atoms with Gasteiger partial charge in [0.2, 0.25) is 35.4 Å². The molecule has 556 valence electrons. The molecule has 8 amide bonds. The number of nitrogens with zero attached hydrogens (tertiary/aromatic N) is 4. The zero-order valence-corrected chi connectivity index (χ0v) is 61.6. The number of hydrogen-bond acceptors (Lipinski definition) is 27. The first-order valence-corrected chi connectivity index (χ1v) is 34.8. The smallest absolute Gasteiger partial charge is 0.691 e. The van der Waals surface area contributed by atoms with Crippen LogP contribution in [0.5, 0.6) is 17.2 Å². The Balaban J connectivity index is 0.0000164. The molecule has 4 aromatic rings. The van der Waals surface area contributed by atoms with Crippen LogP contribution in [0.3, 0.4) is 0 Å². The van der Waals surface area contributed by atoms with Crippen LogP contribution in [0.1, 0.15) is 108 Å². The van der Waals surface area contributed by atoms with E-state index >= 15 is 4.79 Å². The number of aromatic nitrogens is 2. The van der Waals surface area contributed by atoms with Gasteiger partial charge in [-0.1, -0.05) is 55.7 Å². The molecule has 7 rings (SSSR count). The van der Waals surface area contributed by atoms with Crippen molar-refractivity contribution >= 4 is 71.1 Å². The SMILES string of the molecule is COCCCCCCCOc1ccc(-c2nnc(-c3ccc(C(=O)N[C@H]4C[C@H](O)CNC(=O)[C@@H]5[C@@H](O)[C@H](C)CN5C(=O)[C@H]([C@H](O)CCNCCCNC(=O)OC(C)(C)C)NC(=O)[C@H]([C@H](O)Cc5ccc(O)c(OSOO[O-])c5)NC(=O)[C@@H]5C[C@H](O)CN5C(=O)[C@H]([C@H](C)O)NC4=O)cc3)s2)cc1.[Na+]. The van der Waals surface area contributed by atoms with Gasteiger partial charge in [0.25, 0.3) is 18.2 Å². The molecule has 0 spiro atoms. The van der Waals surface area contributed by atoms with Crippen molar-refractivity contribution in [3.63, 3.8) is 0 Å². The minimum atomic E-state index is -2.15. The molecule has 0 saturated carbocycles. The van der Waals surface area contributed by atoms with E-state index in [9.17, 15) is 74.6 Å². The standard InChI is InChI=1S/C66H93N11O22S2.Na/c1-36-34-77-54(55(36)84)60(89)69-33-42(79)31-45(70-56(85)39-14-16-40(17-15-39)61-74-75-62(100-61)41-18-20-44(21-19-41)95-28-11-9-7-8-10-27-94-6)57(86)71-51(37(2)78)63(90)76-35-43(80)32-46(76)58(87)72-52(49(83)29-38-13-22-47(81)50(30-38)97-101-99-98-93)59(88)73-53(64(77)91)48(82)23-26-67-24-12-25-68-65(92)96-66(3,4)5;/h13-22,30,36-37,42-43,45-46,48-49,51-55,67,78-84,93H,7-12,23-29,31-35H2,1-6H3,(H,68,92)(H,69,89)(H,70,85)(H,71,86)(H,72,87)(H,73,88);/q;+1/p-1/t36-,37+,42+,43+,45+,46+,48-,49-,51+,52+,53+,54+,55+;/m1./s1. The van der Waals surface area contributed by atoms with E-state index in [-0.39, 0.29) is 91.4 Å². The summed E-state index contributed by atoms with van der Waals surface area (Å²) in [6.07, 6.45) is -7.55. The van der Waals surface area contributed by atoms with Crippen LogP contribution in [0.15, 0.2) is 66.7 Å². The number of unbranched alkanes of at least 4 members (excludes halogenated alkanes) is 4. The summed E-state index contributed by atoms with van der Waals surface area (Å²) in [6.45, 7) is 7.88. The van der Waals surface area contributed by atoms with Gasteiger partial charge in [0, 0.05) is 81.8 Å². The third-order valence-corrected chi connectivity index (χ3v) is 18.3. The molecule has 36 heteroatoms. The van der Waals surface area contributed by atoms with Gasteiger partial charge < -0.3 is 106 Å². The molecule has 4 heterocycles. The summed E-state index contributed by atoms with van der Waals surface area (Å²) >= 11 is 1.30. The Morgan fingerprint density at radius 2 is 1.38 bits per heavy atom.